The standard InChI is InChI=1S/C27H49NO2/c1-18(2)11-19(3)12-20(4)13-21(5)14-25-9-10-26(24(8)23(25)7)22(6)15-27(28,16-29)17-30/h9-10,18-22,29-30H,11-17,28H2,1-8H3/i11D2,12D2,13D2,14D2,18D,19D,20D,21D. The molecule has 0 saturated heterocycles. The summed E-state index contributed by atoms with van der Waals surface area (Å²) in [5.74, 6) is -11.0. The van der Waals surface area contributed by atoms with E-state index in [1.807, 2.05) is 6.92 Å². The summed E-state index contributed by atoms with van der Waals surface area (Å²) in [5, 5.41) is 19.2. The molecule has 4 N–H and O–H groups in total. The minimum Gasteiger partial charge on any atom is -0.394 e. The first kappa shape index (κ1) is 13.6. The molecule has 174 valence electrons. The van der Waals surface area contributed by atoms with Crippen LogP contribution in [0.25, 0.3) is 0 Å². The van der Waals surface area contributed by atoms with Crippen LogP contribution in [0.4, 0.5) is 0 Å². The van der Waals surface area contributed by atoms with Gasteiger partial charge < -0.3 is 15.9 Å². The van der Waals surface area contributed by atoms with Crippen LogP contribution in [0, 0.1) is 37.4 Å². The molecule has 1 aromatic carbocycles. The predicted molar refractivity (Wildman–Crippen MR) is 130 cm³/mol. The number of aliphatic hydroxyl groups excluding tert-OH is 2. The van der Waals surface area contributed by atoms with E-state index in [0.29, 0.717) is 11.1 Å². The van der Waals surface area contributed by atoms with E-state index in [9.17, 15) is 10.2 Å². The Morgan fingerprint density at radius 2 is 1.43 bits per heavy atom. The highest BCUT2D eigenvalue weighted by atomic mass is 16.3. The largest absolute Gasteiger partial charge is 0.394 e. The molecule has 4 unspecified atom stereocenters. The molecule has 0 bridgehead atoms. The van der Waals surface area contributed by atoms with Crippen molar-refractivity contribution in [2.24, 2.45) is 29.3 Å². The lowest BCUT2D eigenvalue weighted by atomic mass is 9.81. The molecule has 0 aliphatic carbocycles. The second-order valence-electron chi connectivity index (χ2n) is 8.61. The summed E-state index contributed by atoms with van der Waals surface area (Å²) < 4.78 is 105. The van der Waals surface area contributed by atoms with Crippen LogP contribution in [-0.2, 0) is 6.37 Å². The highest BCUT2D eigenvalue weighted by molar-refractivity contribution is 5.41. The first-order valence-electron chi connectivity index (χ1n) is 16.4. The number of aliphatic hydroxyl groups is 2. The molecule has 0 amide bonds. The van der Waals surface area contributed by atoms with E-state index in [1.165, 1.54) is 6.07 Å². The Hall–Kier alpha value is -0.900. The average Bonchev–Trinajstić information content (AvgIpc) is 2.83. The Labute approximate surface area is 203 Å². The third-order valence-corrected chi connectivity index (χ3v) is 5.21. The Morgan fingerprint density at radius 3 is 1.97 bits per heavy atom. The summed E-state index contributed by atoms with van der Waals surface area (Å²) >= 11 is 0. The van der Waals surface area contributed by atoms with Crippen LogP contribution in [0.1, 0.15) is 112 Å². The smallest absolute Gasteiger partial charge is 0.0633 e. The quantitative estimate of drug-likeness (QED) is 0.372. The third-order valence-electron chi connectivity index (χ3n) is 5.21. The zero-order valence-electron chi connectivity index (χ0n) is 31.8. The van der Waals surface area contributed by atoms with E-state index < -0.39 is 67.8 Å². The molecule has 1 rings (SSSR count). The summed E-state index contributed by atoms with van der Waals surface area (Å²) in [5.41, 5.74) is 6.51. The van der Waals surface area contributed by atoms with Crippen LogP contribution in [0.3, 0.4) is 0 Å². The van der Waals surface area contributed by atoms with Crippen molar-refractivity contribution in [3.63, 3.8) is 0 Å². The highest BCUT2D eigenvalue weighted by Crippen LogP contribution is 2.32. The predicted octanol–water partition coefficient (Wildman–Crippen LogP) is 5.76. The summed E-state index contributed by atoms with van der Waals surface area (Å²) in [7, 11) is 0. The maximum absolute atomic E-state index is 9.60. The molecule has 1 aromatic rings. The van der Waals surface area contributed by atoms with Crippen molar-refractivity contribution in [1.29, 1.82) is 0 Å². The minimum absolute atomic E-state index is 0.0618. The molecular weight excluding hydrogens is 370 g/mol. The fourth-order valence-electron chi connectivity index (χ4n) is 3.64. The van der Waals surface area contributed by atoms with Gasteiger partial charge in [-0.05, 0) is 97.5 Å². The van der Waals surface area contributed by atoms with Gasteiger partial charge in [-0.15, -0.1) is 0 Å². The first-order valence-corrected chi connectivity index (χ1v) is 10.4. The summed E-state index contributed by atoms with van der Waals surface area (Å²) in [4.78, 5) is 0. The van der Waals surface area contributed by atoms with Crippen molar-refractivity contribution in [3.8, 4) is 0 Å². The zero-order chi connectivity index (χ0) is 33.9. The van der Waals surface area contributed by atoms with E-state index in [-0.39, 0.29) is 17.9 Å². The molecule has 0 radical (unpaired) electrons. The lowest BCUT2D eigenvalue weighted by Gasteiger charge is -2.29. The van der Waals surface area contributed by atoms with Crippen LogP contribution in [-0.4, -0.2) is 29.0 Å². The average molecular weight is 432 g/mol. The molecule has 4 atom stereocenters. The van der Waals surface area contributed by atoms with Crippen molar-refractivity contribution < 1.29 is 26.7 Å². The molecule has 3 nitrogen and oxygen atoms in total. The first-order chi connectivity index (χ1) is 18.3. The normalized spacial score (nSPS) is 27.8. The molecular formula is C27H49NO2. The fraction of sp³-hybridized carbons (Fsp3) is 0.778. The summed E-state index contributed by atoms with van der Waals surface area (Å²) in [6.07, 6.45) is -12.1. The Kier molecular flexibility index (Phi) is 5.54. The van der Waals surface area contributed by atoms with Crippen molar-refractivity contribution in [2.75, 3.05) is 13.2 Å². The van der Waals surface area contributed by atoms with Gasteiger partial charge in [0.05, 0.1) is 18.8 Å². The SMILES string of the molecule is [2H]C(C)(C)C([2H])([2H])C([2H])(C)C([2H])([2H])C([2H])(C)C([2H])([2H])C([2H])(C)C([2H])([2H])c1ccc(C(C)CC(N)(CO)CO)c(C)c1C. The molecule has 0 spiro atoms. The molecule has 3 heteroatoms. The molecule has 0 aliphatic heterocycles. The summed E-state index contributed by atoms with van der Waals surface area (Å²) in [6.45, 7) is 9.14. The molecule has 0 aliphatic rings. The molecule has 0 saturated carbocycles. The topological polar surface area (TPSA) is 66.5 Å². The molecule has 0 heterocycles. The maximum atomic E-state index is 9.60. The van der Waals surface area contributed by atoms with Gasteiger partial charge in [0, 0.05) is 16.4 Å². The van der Waals surface area contributed by atoms with E-state index in [2.05, 4.69) is 0 Å². The van der Waals surface area contributed by atoms with E-state index in [4.69, 9.17) is 22.2 Å². The van der Waals surface area contributed by atoms with Gasteiger partial charge in [-0.3, -0.25) is 0 Å². The van der Waals surface area contributed by atoms with Gasteiger partial charge in [0.2, 0.25) is 0 Å². The zero-order valence-corrected chi connectivity index (χ0v) is 19.8. The van der Waals surface area contributed by atoms with Crippen molar-refractivity contribution >= 4 is 0 Å². The van der Waals surface area contributed by atoms with Gasteiger partial charge in [-0.2, -0.15) is 0 Å². The molecule has 0 aromatic heterocycles. The van der Waals surface area contributed by atoms with Crippen LogP contribution in [0.2, 0.25) is 0 Å². The van der Waals surface area contributed by atoms with Crippen LogP contribution < -0.4 is 5.73 Å². The van der Waals surface area contributed by atoms with Crippen LogP contribution >= 0.6 is 0 Å². The second kappa shape index (κ2) is 12.2. The fourth-order valence-corrected chi connectivity index (χ4v) is 3.64. The number of rotatable bonds is 13. The number of benzene rings is 1. The Bertz CT molecular complexity index is 1120. The maximum Gasteiger partial charge on any atom is 0.0633 e. The minimum atomic E-state index is -3.32. The number of hydrogen-bond acceptors (Lipinski definition) is 3. The van der Waals surface area contributed by atoms with Crippen LogP contribution in [0.5, 0.6) is 0 Å². The van der Waals surface area contributed by atoms with Gasteiger partial charge in [-0.1, -0.05) is 53.7 Å². The van der Waals surface area contributed by atoms with Gasteiger partial charge in [0.1, 0.15) is 0 Å². The highest BCUT2D eigenvalue weighted by Gasteiger charge is 2.27. The number of nitrogens with two attached hydrogens (primary N) is 1. The second-order valence-corrected chi connectivity index (χ2v) is 8.61. The van der Waals surface area contributed by atoms with Crippen LogP contribution in [0.15, 0.2) is 12.1 Å². The van der Waals surface area contributed by atoms with E-state index in [1.54, 1.807) is 19.9 Å². The van der Waals surface area contributed by atoms with E-state index >= 15 is 0 Å². The summed E-state index contributed by atoms with van der Waals surface area (Å²) in [6, 6.07) is 3.00. The van der Waals surface area contributed by atoms with Crippen molar-refractivity contribution in [1.82, 2.24) is 0 Å². The van der Waals surface area contributed by atoms with Gasteiger partial charge >= 0.3 is 0 Å². The lowest BCUT2D eigenvalue weighted by Crippen LogP contribution is -2.48. The Balaban J connectivity index is 3.76. The van der Waals surface area contributed by atoms with Crippen molar-refractivity contribution in [2.45, 2.75) is 98.8 Å². The number of hydrogen-bond donors (Lipinski definition) is 3. The van der Waals surface area contributed by atoms with Gasteiger partial charge in [0.25, 0.3) is 0 Å². The van der Waals surface area contributed by atoms with E-state index in [0.717, 1.165) is 40.2 Å². The Morgan fingerprint density at radius 1 is 0.900 bits per heavy atom. The lowest BCUT2D eigenvalue weighted by molar-refractivity contribution is 0.110. The third kappa shape index (κ3) is 8.32. The monoisotopic (exact) mass is 431 g/mol. The molecule has 0 fully saturated rings. The van der Waals surface area contributed by atoms with Crippen molar-refractivity contribution in [3.05, 3.63) is 34.4 Å². The molecule has 30 heavy (non-hydrogen) atoms. The van der Waals surface area contributed by atoms with Gasteiger partial charge in [-0.25, -0.2) is 0 Å². The van der Waals surface area contributed by atoms with Gasteiger partial charge in [0.15, 0.2) is 0 Å².